The lowest BCUT2D eigenvalue weighted by Gasteiger charge is -1.88. The first-order chi connectivity index (χ1) is 5.90. The molecule has 2 aromatic rings. The van der Waals surface area contributed by atoms with Gasteiger partial charge in [0.15, 0.2) is 0 Å². The minimum absolute atomic E-state index is 0.833. The maximum Gasteiger partial charge on any atom is 0.108 e. The molecule has 4 heteroatoms. The molecule has 0 aliphatic rings. The summed E-state index contributed by atoms with van der Waals surface area (Å²) in [7, 11) is 1.92. The van der Waals surface area contributed by atoms with Gasteiger partial charge in [-0.3, -0.25) is 4.98 Å². The van der Waals surface area contributed by atoms with Crippen LogP contribution in [-0.4, -0.2) is 17.0 Å². The van der Waals surface area contributed by atoms with Gasteiger partial charge in [0.2, 0.25) is 0 Å². The summed E-state index contributed by atoms with van der Waals surface area (Å²) in [6.45, 7) is 0.833. The van der Waals surface area contributed by atoms with E-state index in [2.05, 4.69) is 15.3 Å². The van der Waals surface area contributed by atoms with Crippen molar-refractivity contribution in [3.8, 4) is 0 Å². The largest absolute Gasteiger partial charge is 0.314 e. The molecule has 0 saturated heterocycles. The average molecular weight is 179 g/mol. The van der Waals surface area contributed by atoms with Gasteiger partial charge in [-0.2, -0.15) is 0 Å². The smallest absolute Gasteiger partial charge is 0.108 e. The highest BCUT2D eigenvalue weighted by molar-refractivity contribution is 7.18. The predicted octanol–water partition coefficient (Wildman–Crippen LogP) is 1.41. The minimum atomic E-state index is 0.833. The lowest BCUT2D eigenvalue weighted by molar-refractivity contribution is 0.812. The van der Waals surface area contributed by atoms with Gasteiger partial charge in [0, 0.05) is 12.7 Å². The Kier molecular flexibility index (Phi) is 2.01. The molecule has 0 aliphatic heterocycles. The summed E-state index contributed by atoms with van der Waals surface area (Å²) in [5, 5.41) is 4.18. The summed E-state index contributed by atoms with van der Waals surface area (Å²) >= 11 is 1.71. The van der Waals surface area contributed by atoms with E-state index in [0.717, 1.165) is 17.1 Å². The monoisotopic (exact) mass is 179 g/mol. The lowest BCUT2D eigenvalue weighted by atomic mass is 10.4. The molecule has 0 unspecified atom stereocenters. The van der Waals surface area contributed by atoms with E-state index in [1.54, 1.807) is 23.7 Å². The second kappa shape index (κ2) is 3.16. The zero-order valence-corrected chi connectivity index (χ0v) is 7.56. The van der Waals surface area contributed by atoms with Crippen molar-refractivity contribution in [3.63, 3.8) is 0 Å². The molecule has 2 heterocycles. The van der Waals surface area contributed by atoms with Crippen LogP contribution in [0.5, 0.6) is 0 Å². The fraction of sp³-hybridized carbons (Fsp3) is 0.250. The Morgan fingerprint density at radius 3 is 3.25 bits per heavy atom. The molecule has 0 saturated carbocycles. The normalized spacial score (nSPS) is 10.8. The van der Waals surface area contributed by atoms with E-state index in [-0.39, 0.29) is 0 Å². The van der Waals surface area contributed by atoms with E-state index < -0.39 is 0 Å². The molecular weight excluding hydrogens is 170 g/mol. The van der Waals surface area contributed by atoms with E-state index in [1.165, 1.54) is 4.70 Å². The second-order valence-corrected chi connectivity index (χ2v) is 3.60. The van der Waals surface area contributed by atoms with Crippen molar-refractivity contribution in [2.75, 3.05) is 7.05 Å². The Bertz CT molecular complexity index is 349. The van der Waals surface area contributed by atoms with Crippen molar-refractivity contribution in [2.45, 2.75) is 6.54 Å². The molecule has 0 aromatic carbocycles. The number of nitrogens with one attached hydrogen (secondary N) is 1. The molecule has 12 heavy (non-hydrogen) atoms. The molecule has 1 N–H and O–H groups in total. The predicted molar refractivity (Wildman–Crippen MR) is 50.2 cm³/mol. The van der Waals surface area contributed by atoms with E-state index >= 15 is 0 Å². The van der Waals surface area contributed by atoms with Crippen molar-refractivity contribution >= 4 is 21.6 Å². The van der Waals surface area contributed by atoms with Crippen molar-refractivity contribution in [3.05, 3.63) is 23.5 Å². The molecule has 2 aromatic heterocycles. The summed E-state index contributed by atoms with van der Waals surface area (Å²) in [4.78, 5) is 8.41. The topological polar surface area (TPSA) is 37.8 Å². The Hall–Kier alpha value is -1.00. The summed E-state index contributed by atoms with van der Waals surface area (Å²) in [6, 6.07) is 1.99. The van der Waals surface area contributed by atoms with Crippen LogP contribution in [0.1, 0.15) is 5.01 Å². The van der Waals surface area contributed by atoms with Gasteiger partial charge in [-0.15, -0.1) is 11.3 Å². The Labute approximate surface area is 74.5 Å². The third kappa shape index (κ3) is 1.31. The number of thiazole rings is 1. The van der Waals surface area contributed by atoms with E-state index in [4.69, 9.17) is 0 Å². The van der Waals surface area contributed by atoms with Crippen LogP contribution in [0, 0.1) is 0 Å². The van der Waals surface area contributed by atoms with E-state index in [9.17, 15) is 0 Å². The molecule has 0 amide bonds. The quantitative estimate of drug-likeness (QED) is 0.757. The van der Waals surface area contributed by atoms with Gasteiger partial charge in [0.1, 0.15) is 5.01 Å². The van der Waals surface area contributed by atoms with Gasteiger partial charge in [-0.25, -0.2) is 4.98 Å². The molecule has 62 valence electrons. The van der Waals surface area contributed by atoms with Crippen LogP contribution in [0.4, 0.5) is 0 Å². The Balaban J connectivity index is 2.47. The van der Waals surface area contributed by atoms with Crippen LogP contribution < -0.4 is 5.32 Å². The lowest BCUT2D eigenvalue weighted by Crippen LogP contribution is -2.03. The van der Waals surface area contributed by atoms with Gasteiger partial charge in [0.05, 0.1) is 16.4 Å². The first-order valence-corrected chi connectivity index (χ1v) is 4.56. The van der Waals surface area contributed by atoms with Crippen LogP contribution in [-0.2, 0) is 6.54 Å². The first kappa shape index (κ1) is 7.64. The molecule has 2 rings (SSSR count). The summed E-state index contributed by atoms with van der Waals surface area (Å²) in [5.74, 6) is 0. The van der Waals surface area contributed by atoms with E-state index in [1.807, 2.05) is 13.1 Å². The third-order valence-electron chi connectivity index (χ3n) is 1.56. The van der Waals surface area contributed by atoms with E-state index in [0.29, 0.717) is 0 Å². The second-order valence-electron chi connectivity index (χ2n) is 2.48. The van der Waals surface area contributed by atoms with Crippen LogP contribution >= 0.6 is 11.3 Å². The van der Waals surface area contributed by atoms with Gasteiger partial charge < -0.3 is 5.32 Å². The number of nitrogens with zero attached hydrogens (tertiary/aromatic N) is 2. The standard InChI is InChI=1S/C8H9N3S/c1-9-5-8-11-6-4-10-3-2-7(6)12-8/h2-4,9H,5H2,1H3. The number of hydrogen-bond donors (Lipinski definition) is 1. The molecular formula is C8H9N3S. The third-order valence-corrected chi connectivity index (χ3v) is 2.60. The number of hydrogen-bond acceptors (Lipinski definition) is 4. The summed E-state index contributed by atoms with van der Waals surface area (Å²) < 4.78 is 1.20. The summed E-state index contributed by atoms with van der Waals surface area (Å²) in [5.41, 5.74) is 0.993. The molecule has 3 nitrogen and oxygen atoms in total. The number of aromatic nitrogens is 2. The SMILES string of the molecule is CNCc1nc2cnccc2s1. The zero-order chi connectivity index (χ0) is 8.39. The maximum atomic E-state index is 4.40. The highest BCUT2D eigenvalue weighted by Gasteiger charge is 2.00. The molecule has 0 fully saturated rings. The summed E-state index contributed by atoms with van der Waals surface area (Å²) in [6.07, 6.45) is 3.59. The van der Waals surface area contributed by atoms with Gasteiger partial charge in [0.25, 0.3) is 0 Å². The highest BCUT2D eigenvalue weighted by Crippen LogP contribution is 2.19. The zero-order valence-electron chi connectivity index (χ0n) is 6.74. The van der Waals surface area contributed by atoms with Crippen molar-refractivity contribution in [1.29, 1.82) is 0 Å². The van der Waals surface area contributed by atoms with Crippen LogP contribution in [0.15, 0.2) is 18.5 Å². The minimum Gasteiger partial charge on any atom is -0.314 e. The molecule has 0 radical (unpaired) electrons. The highest BCUT2D eigenvalue weighted by atomic mass is 32.1. The van der Waals surface area contributed by atoms with Crippen molar-refractivity contribution in [1.82, 2.24) is 15.3 Å². The molecule has 0 atom stereocenters. The molecule has 0 bridgehead atoms. The van der Waals surface area contributed by atoms with Crippen LogP contribution in [0.25, 0.3) is 10.2 Å². The fourth-order valence-electron chi connectivity index (χ4n) is 1.05. The van der Waals surface area contributed by atoms with Gasteiger partial charge in [-0.05, 0) is 13.1 Å². The fourth-order valence-corrected chi connectivity index (χ4v) is 2.00. The van der Waals surface area contributed by atoms with Crippen molar-refractivity contribution in [2.24, 2.45) is 0 Å². The van der Waals surface area contributed by atoms with Gasteiger partial charge >= 0.3 is 0 Å². The molecule has 0 aliphatic carbocycles. The van der Waals surface area contributed by atoms with Crippen LogP contribution in [0.3, 0.4) is 0 Å². The first-order valence-electron chi connectivity index (χ1n) is 3.74. The van der Waals surface area contributed by atoms with Gasteiger partial charge in [-0.1, -0.05) is 0 Å². The van der Waals surface area contributed by atoms with Crippen LogP contribution in [0.2, 0.25) is 0 Å². The number of pyridine rings is 1. The molecule has 0 spiro atoms. The number of rotatable bonds is 2. The Morgan fingerprint density at radius 2 is 2.50 bits per heavy atom. The number of fused-ring (bicyclic) bond motifs is 1. The maximum absolute atomic E-state index is 4.40. The average Bonchev–Trinajstić information content (AvgIpc) is 2.47. The Morgan fingerprint density at radius 1 is 1.58 bits per heavy atom. The van der Waals surface area contributed by atoms with Crippen molar-refractivity contribution < 1.29 is 0 Å².